The van der Waals surface area contributed by atoms with Gasteiger partial charge in [0.05, 0.1) is 22.3 Å². The molecule has 1 aliphatic heterocycles. The van der Waals surface area contributed by atoms with E-state index in [0.29, 0.717) is 47.9 Å². The topological polar surface area (TPSA) is 105 Å². The number of fused-ring (bicyclic) bond motifs is 6. The second kappa shape index (κ2) is 10.5. The van der Waals surface area contributed by atoms with Crippen molar-refractivity contribution in [3.63, 3.8) is 0 Å². The lowest BCUT2D eigenvalue weighted by molar-refractivity contribution is -0.188. The molecule has 0 saturated heterocycles. The first-order valence-corrected chi connectivity index (χ1v) is 12.7. The van der Waals surface area contributed by atoms with Crippen molar-refractivity contribution < 1.29 is 38.7 Å². The van der Waals surface area contributed by atoms with Crippen molar-refractivity contribution >= 4 is 23.9 Å². The zero-order valence-corrected chi connectivity index (χ0v) is 20.1. The summed E-state index contributed by atoms with van der Waals surface area (Å²) in [6, 6.07) is 6.18. The van der Waals surface area contributed by atoms with Crippen molar-refractivity contribution in [2.45, 2.75) is 77.0 Å². The Morgan fingerprint density at radius 3 is 1.33 bits per heavy atom. The fourth-order valence-corrected chi connectivity index (χ4v) is 5.51. The van der Waals surface area contributed by atoms with E-state index >= 15 is 0 Å². The van der Waals surface area contributed by atoms with Crippen molar-refractivity contribution in [1.29, 1.82) is 0 Å². The lowest BCUT2D eigenvalue weighted by atomic mass is 9.87. The predicted molar refractivity (Wildman–Crippen MR) is 126 cm³/mol. The first-order chi connectivity index (χ1) is 17.5. The van der Waals surface area contributed by atoms with E-state index in [2.05, 4.69) is 0 Å². The molecule has 0 radical (unpaired) electrons. The molecule has 0 N–H and O–H groups in total. The van der Waals surface area contributed by atoms with E-state index in [-0.39, 0.29) is 22.3 Å². The van der Waals surface area contributed by atoms with Crippen molar-refractivity contribution in [3.05, 3.63) is 68.8 Å². The third-order valence-electron chi connectivity index (χ3n) is 7.31. The smallest absolute Gasteiger partial charge is 0.241 e. The van der Waals surface area contributed by atoms with Crippen LogP contribution in [-0.2, 0) is 45.2 Å². The minimum absolute atomic E-state index is 0.117. The van der Waals surface area contributed by atoms with Gasteiger partial charge in [0.25, 0.3) is 0 Å². The van der Waals surface area contributed by atoms with Crippen molar-refractivity contribution in [3.8, 4) is 0 Å². The number of carbonyl (C=O) groups is 4. The van der Waals surface area contributed by atoms with Crippen LogP contribution in [0.1, 0.15) is 115 Å². The summed E-state index contributed by atoms with van der Waals surface area (Å²) >= 11 is 0. The van der Waals surface area contributed by atoms with E-state index in [4.69, 9.17) is 19.6 Å². The molecule has 36 heavy (non-hydrogen) atoms. The summed E-state index contributed by atoms with van der Waals surface area (Å²) in [6.07, 6.45) is 9.36. The second-order valence-corrected chi connectivity index (χ2v) is 9.56. The van der Waals surface area contributed by atoms with Gasteiger partial charge < -0.3 is 0 Å². The van der Waals surface area contributed by atoms with Crippen LogP contribution in [0.5, 0.6) is 0 Å². The van der Waals surface area contributed by atoms with E-state index < -0.39 is 23.9 Å². The third kappa shape index (κ3) is 4.72. The van der Waals surface area contributed by atoms with Crippen molar-refractivity contribution in [2.24, 2.45) is 0 Å². The van der Waals surface area contributed by atoms with Gasteiger partial charge in [-0.05, 0) is 91.8 Å². The molecule has 1 heterocycles. The Morgan fingerprint density at radius 2 is 0.806 bits per heavy atom. The zero-order chi connectivity index (χ0) is 25.1. The van der Waals surface area contributed by atoms with Gasteiger partial charge in [-0.25, -0.2) is 38.7 Å². The predicted octanol–water partition coefficient (Wildman–Crippen LogP) is 5.18. The average Bonchev–Trinajstić information content (AvgIpc) is 2.92. The molecular formula is C28H28O8. The molecule has 0 spiro atoms. The quantitative estimate of drug-likeness (QED) is 0.464. The van der Waals surface area contributed by atoms with Crippen LogP contribution >= 0.6 is 0 Å². The molecule has 188 valence electrons. The van der Waals surface area contributed by atoms with Crippen LogP contribution in [0.4, 0.5) is 0 Å². The maximum atomic E-state index is 13.2. The minimum Gasteiger partial charge on any atom is -0.241 e. The molecule has 2 aliphatic carbocycles. The van der Waals surface area contributed by atoms with Crippen LogP contribution < -0.4 is 0 Å². The maximum absolute atomic E-state index is 13.2. The fourth-order valence-electron chi connectivity index (χ4n) is 5.51. The molecule has 0 aromatic heterocycles. The Morgan fingerprint density at radius 1 is 0.417 bits per heavy atom. The van der Waals surface area contributed by atoms with E-state index in [1.54, 1.807) is 12.1 Å². The number of carbonyl (C=O) groups excluding carboxylic acids is 4. The Balaban J connectivity index is 1.60. The maximum Gasteiger partial charge on any atom is 0.386 e. The Bertz CT molecular complexity index is 1230. The first kappa shape index (κ1) is 24.0. The molecule has 0 saturated carbocycles. The van der Waals surface area contributed by atoms with E-state index in [0.717, 1.165) is 51.4 Å². The molecule has 0 atom stereocenters. The summed E-state index contributed by atoms with van der Waals surface area (Å²) in [5, 5.41) is 0. The van der Waals surface area contributed by atoms with Gasteiger partial charge in [-0.3, -0.25) is 0 Å². The molecule has 0 unspecified atom stereocenters. The number of benzene rings is 2. The molecule has 8 nitrogen and oxygen atoms in total. The summed E-state index contributed by atoms with van der Waals surface area (Å²) in [5.74, 6) is -3.31. The van der Waals surface area contributed by atoms with Gasteiger partial charge in [0.2, 0.25) is 0 Å². The van der Waals surface area contributed by atoms with Gasteiger partial charge in [-0.15, -0.1) is 0 Å². The summed E-state index contributed by atoms with van der Waals surface area (Å²) in [4.78, 5) is 72.5. The number of aryl methyl sites for hydroxylation is 1. The Kier molecular flexibility index (Phi) is 7.02. The number of rotatable bonds is 0. The molecule has 3 aliphatic rings. The third-order valence-corrected chi connectivity index (χ3v) is 7.31. The summed E-state index contributed by atoms with van der Waals surface area (Å²) < 4.78 is 0. The van der Waals surface area contributed by atoms with Gasteiger partial charge in [-0.2, -0.15) is 0 Å². The Hall–Kier alpha value is -3.68. The highest BCUT2D eigenvalue weighted by molar-refractivity contribution is 6.01. The standard InChI is InChI=1S/C28H28O8/c29-25-21-15-16-22(19-11-7-4-3-6-10-18(19)21)26(30)35-36-28(32)24-17-9-5-1-2-8-12-20(24)23(14-13-17)27(31)34-33-25/h13-16H,1-12H2. The average molecular weight is 493 g/mol. The van der Waals surface area contributed by atoms with Crippen LogP contribution in [-0.4, -0.2) is 23.9 Å². The number of hydrogen-bond acceptors (Lipinski definition) is 8. The van der Waals surface area contributed by atoms with E-state index in [1.165, 1.54) is 12.1 Å². The van der Waals surface area contributed by atoms with Crippen LogP contribution in [0.15, 0.2) is 24.3 Å². The first-order valence-electron chi connectivity index (χ1n) is 12.7. The molecule has 2 aromatic rings. The lowest BCUT2D eigenvalue weighted by Gasteiger charge is -2.19. The molecule has 8 heteroatoms. The summed E-state index contributed by atoms with van der Waals surface area (Å²) in [6.45, 7) is 0. The largest absolute Gasteiger partial charge is 0.386 e. The highest BCUT2D eigenvalue weighted by atomic mass is 17.2. The van der Waals surface area contributed by atoms with E-state index in [9.17, 15) is 19.2 Å². The SMILES string of the molecule is O=C1OOC(=O)c2ccc3c(c2CCCCCC3)C(=O)OOC(=O)c2ccc1c1c2CCCCCC1. The van der Waals surface area contributed by atoms with Crippen molar-refractivity contribution in [2.75, 3.05) is 0 Å². The normalized spacial score (nSPS) is 18.9. The molecule has 6 bridgehead atoms. The fraction of sp³-hybridized carbons (Fsp3) is 0.429. The van der Waals surface area contributed by atoms with Gasteiger partial charge in [0, 0.05) is 0 Å². The zero-order valence-electron chi connectivity index (χ0n) is 20.1. The monoisotopic (exact) mass is 492 g/mol. The van der Waals surface area contributed by atoms with Crippen LogP contribution in [0.3, 0.4) is 0 Å². The minimum atomic E-state index is -0.871. The molecule has 0 amide bonds. The van der Waals surface area contributed by atoms with Crippen molar-refractivity contribution in [1.82, 2.24) is 0 Å². The molecule has 0 fully saturated rings. The van der Waals surface area contributed by atoms with Crippen LogP contribution in [0.25, 0.3) is 0 Å². The Labute approximate surface area is 208 Å². The highest BCUT2D eigenvalue weighted by Gasteiger charge is 2.30. The van der Waals surface area contributed by atoms with Crippen LogP contribution in [0, 0.1) is 0 Å². The lowest BCUT2D eigenvalue weighted by Crippen LogP contribution is -2.19. The van der Waals surface area contributed by atoms with Gasteiger partial charge in [0.1, 0.15) is 0 Å². The molecular weight excluding hydrogens is 464 g/mol. The van der Waals surface area contributed by atoms with Gasteiger partial charge in [0.15, 0.2) is 0 Å². The molecule has 2 aromatic carbocycles. The summed E-state index contributed by atoms with van der Waals surface area (Å²) in [5.41, 5.74) is 3.28. The number of hydrogen-bond donors (Lipinski definition) is 0. The van der Waals surface area contributed by atoms with Crippen LogP contribution in [0.2, 0.25) is 0 Å². The second-order valence-electron chi connectivity index (χ2n) is 9.56. The molecule has 5 rings (SSSR count). The van der Waals surface area contributed by atoms with Gasteiger partial charge >= 0.3 is 23.9 Å². The van der Waals surface area contributed by atoms with Gasteiger partial charge in [-0.1, -0.05) is 31.7 Å². The summed E-state index contributed by atoms with van der Waals surface area (Å²) in [7, 11) is 0. The highest BCUT2D eigenvalue weighted by Crippen LogP contribution is 2.30. The van der Waals surface area contributed by atoms with E-state index in [1.807, 2.05) is 0 Å².